The van der Waals surface area contributed by atoms with E-state index < -0.39 is 0 Å². The molecule has 0 N–H and O–H groups in total. The molecule has 0 amide bonds. The fourth-order valence-corrected chi connectivity index (χ4v) is 2.17. The lowest BCUT2D eigenvalue weighted by Crippen LogP contribution is -1.96. The summed E-state index contributed by atoms with van der Waals surface area (Å²) in [6.07, 6.45) is 1.79. The maximum atomic E-state index is 5.65. The third-order valence-corrected chi connectivity index (χ3v) is 3.16. The van der Waals surface area contributed by atoms with Gasteiger partial charge in [0.2, 0.25) is 6.79 Å². The zero-order chi connectivity index (χ0) is 14.7. The van der Waals surface area contributed by atoms with Gasteiger partial charge in [0.05, 0.1) is 12.3 Å². The third-order valence-electron chi connectivity index (χ3n) is 3.16. The van der Waals surface area contributed by atoms with Gasteiger partial charge in [-0.3, -0.25) is 4.99 Å². The van der Waals surface area contributed by atoms with Crippen molar-refractivity contribution in [1.82, 2.24) is 0 Å². The van der Waals surface area contributed by atoms with E-state index in [4.69, 9.17) is 14.2 Å². The molecule has 0 aromatic heterocycles. The zero-order valence-corrected chi connectivity index (χ0v) is 12.1. The minimum Gasteiger partial charge on any atom is -0.493 e. The highest BCUT2D eigenvalue weighted by molar-refractivity contribution is 5.87. The van der Waals surface area contributed by atoms with Crippen LogP contribution in [0.4, 0.5) is 5.69 Å². The van der Waals surface area contributed by atoms with Crippen molar-refractivity contribution in [2.75, 3.05) is 13.4 Å². The van der Waals surface area contributed by atoms with Crippen LogP contribution >= 0.6 is 0 Å². The lowest BCUT2D eigenvalue weighted by Gasteiger charge is -2.08. The molecule has 0 spiro atoms. The first-order valence-electron chi connectivity index (χ1n) is 6.93. The molecule has 2 aromatic carbocycles. The second kappa shape index (κ2) is 5.87. The van der Waals surface area contributed by atoms with Crippen LogP contribution in [-0.2, 0) is 0 Å². The number of hydrogen-bond acceptors (Lipinski definition) is 4. The lowest BCUT2D eigenvalue weighted by molar-refractivity contribution is 0.174. The number of aryl methyl sites for hydroxylation is 1. The molecule has 21 heavy (non-hydrogen) atoms. The van der Waals surface area contributed by atoms with E-state index >= 15 is 0 Å². The number of hydrogen-bond donors (Lipinski definition) is 0. The standard InChI is InChI=1S/C17H17NO3/c1-3-19-15-9-17-16(20-11-21-17)8-13(15)10-18-14-6-4-5-12(2)7-14/h4-10H,3,11H2,1-2H3. The maximum Gasteiger partial charge on any atom is 0.231 e. The van der Waals surface area contributed by atoms with Gasteiger partial charge in [0.25, 0.3) is 0 Å². The summed E-state index contributed by atoms with van der Waals surface area (Å²) in [5.41, 5.74) is 2.97. The minimum absolute atomic E-state index is 0.249. The molecule has 0 saturated carbocycles. The molecule has 3 rings (SSSR count). The van der Waals surface area contributed by atoms with Gasteiger partial charge in [0.15, 0.2) is 11.5 Å². The maximum absolute atomic E-state index is 5.65. The Bertz CT molecular complexity index is 680. The molecule has 0 radical (unpaired) electrons. The first kappa shape index (κ1) is 13.5. The summed E-state index contributed by atoms with van der Waals surface area (Å²) in [5, 5.41) is 0. The summed E-state index contributed by atoms with van der Waals surface area (Å²) in [6, 6.07) is 11.8. The van der Waals surface area contributed by atoms with Crippen LogP contribution in [0.1, 0.15) is 18.1 Å². The average molecular weight is 283 g/mol. The number of rotatable bonds is 4. The van der Waals surface area contributed by atoms with Crippen molar-refractivity contribution >= 4 is 11.9 Å². The quantitative estimate of drug-likeness (QED) is 0.800. The van der Waals surface area contributed by atoms with Gasteiger partial charge in [0.1, 0.15) is 5.75 Å². The van der Waals surface area contributed by atoms with E-state index in [1.165, 1.54) is 5.56 Å². The summed E-state index contributed by atoms with van der Waals surface area (Å²) >= 11 is 0. The number of ether oxygens (including phenoxy) is 3. The average Bonchev–Trinajstić information content (AvgIpc) is 2.92. The van der Waals surface area contributed by atoms with Gasteiger partial charge in [-0.15, -0.1) is 0 Å². The molecular weight excluding hydrogens is 266 g/mol. The Balaban J connectivity index is 1.93. The van der Waals surface area contributed by atoms with Gasteiger partial charge in [-0.1, -0.05) is 12.1 Å². The van der Waals surface area contributed by atoms with Gasteiger partial charge >= 0.3 is 0 Å². The molecule has 0 fully saturated rings. The van der Waals surface area contributed by atoms with E-state index in [1.807, 2.05) is 50.2 Å². The van der Waals surface area contributed by atoms with Crippen LogP contribution in [0.25, 0.3) is 0 Å². The molecule has 1 heterocycles. The molecule has 1 aliphatic heterocycles. The highest BCUT2D eigenvalue weighted by atomic mass is 16.7. The number of benzene rings is 2. The second-order valence-electron chi connectivity index (χ2n) is 4.77. The predicted molar refractivity (Wildman–Crippen MR) is 82.2 cm³/mol. The fourth-order valence-electron chi connectivity index (χ4n) is 2.17. The van der Waals surface area contributed by atoms with Crippen LogP contribution < -0.4 is 14.2 Å². The SMILES string of the molecule is CCOc1cc2c(cc1C=Nc1cccc(C)c1)OCO2. The number of nitrogens with zero attached hydrogens (tertiary/aromatic N) is 1. The summed E-state index contributed by atoms with van der Waals surface area (Å²) in [6.45, 7) is 4.83. The van der Waals surface area contributed by atoms with Crippen molar-refractivity contribution in [3.63, 3.8) is 0 Å². The molecule has 2 aromatic rings. The van der Waals surface area contributed by atoms with Gasteiger partial charge in [0, 0.05) is 17.8 Å². The summed E-state index contributed by atoms with van der Waals surface area (Å²) in [5.74, 6) is 2.19. The van der Waals surface area contributed by atoms with Crippen molar-refractivity contribution in [2.45, 2.75) is 13.8 Å². The van der Waals surface area contributed by atoms with E-state index in [2.05, 4.69) is 4.99 Å². The first-order chi connectivity index (χ1) is 10.3. The minimum atomic E-state index is 0.249. The van der Waals surface area contributed by atoms with Gasteiger partial charge < -0.3 is 14.2 Å². The molecule has 0 unspecified atom stereocenters. The van der Waals surface area contributed by atoms with Crippen LogP contribution in [-0.4, -0.2) is 19.6 Å². The predicted octanol–water partition coefficient (Wildman–Crippen LogP) is 3.87. The molecule has 0 saturated heterocycles. The molecule has 4 nitrogen and oxygen atoms in total. The van der Waals surface area contributed by atoms with Gasteiger partial charge in [-0.05, 0) is 37.6 Å². The van der Waals surface area contributed by atoms with Crippen molar-refractivity contribution in [3.8, 4) is 17.2 Å². The topological polar surface area (TPSA) is 40.0 Å². The smallest absolute Gasteiger partial charge is 0.231 e. The number of fused-ring (bicyclic) bond motifs is 1. The van der Waals surface area contributed by atoms with Crippen LogP contribution in [0.15, 0.2) is 41.4 Å². The van der Waals surface area contributed by atoms with Crippen molar-refractivity contribution in [3.05, 3.63) is 47.5 Å². The summed E-state index contributed by atoms with van der Waals surface area (Å²) in [4.78, 5) is 4.50. The van der Waals surface area contributed by atoms with Crippen molar-refractivity contribution in [1.29, 1.82) is 0 Å². The van der Waals surface area contributed by atoms with Crippen molar-refractivity contribution < 1.29 is 14.2 Å². The largest absolute Gasteiger partial charge is 0.493 e. The second-order valence-corrected chi connectivity index (χ2v) is 4.77. The van der Waals surface area contributed by atoms with E-state index in [0.29, 0.717) is 12.4 Å². The van der Waals surface area contributed by atoms with E-state index in [0.717, 1.165) is 22.7 Å². The molecule has 0 bridgehead atoms. The van der Waals surface area contributed by atoms with Crippen LogP contribution in [0.3, 0.4) is 0 Å². The Morgan fingerprint density at radius 2 is 2.00 bits per heavy atom. The molecule has 0 atom stereocenters. The lowest BCUT2D eigenvalue weighted by atomic mass is 10.2. The van der Waals surface area contributed by atoms with E-state index in [1.54, 1.807) is 6.21 Å². The first-order valence-corrected chi connectivity index (χ1v) is 6.93. The zero-order valence-electron chi connectivity index (χ0n) is 12.1. The molecule has 0 aliphatic carbocycles. The fraction of sp³-hybridized carbons (Fsp3) is 0.235. The van der Waals surface area contributed by atoms with Crippen molar-refractivity contribution in [2.24, 2.45) is 4.99 Å². The Hall–Kier alpha value is -2.49. The molecular formula is C17H17NO3. The molecule has 108 valence electrons. The van der Waals surface area contributed by atoms with Crippen LogP contribution in [0.2, 0.25) is 0 Å². The van der Waals surface area contributed by atoms with E-state index in [-0.39, 0.29) is 6.79 Å². The molecule has 4 heteroatoms. The third kappa shape index (κ3) is 2.99. The molecule has 1 aliphatic rings. The highest BCUT2D eigenvalue weighted by Crippen LogP contribution is 2.37. The Morgan fingerprint density at radius 1 is 1.19 bits per heavy atom. The Labute approximate surface area is 124 Å². The highest BCUT2D eigenvalue weighted by Gasteiger charge is 2.17. The van der Waals surface area contributed by atoms with Crippen LogP contribution in [0, 0.1) is 6.92 Å². The van der Waals surface area contributed by atoms with Gasteiger partial charge in [-0.2, -0.15) is 0 Å². The Morgan fingerprint density at radius 3 is 2.76 bits per heavy atom. The summed E-state index contributed by atoms with van der Waals surface area (Å²) < 4.78 is 16.4. The monoisotopic (exact) mass is 283 g/mol. The van der Waals surface area contributed by atoms with E-state index in [9.17, 15) is 0 Å². The van der Waals surface area contributed by atoms with Crippen LogP contribution in [0.5, 0.6) is 17.2 Å². The Kier molecular flexibility index (Phi) is 3.77. The normalized spacial score (nSPS) is 12.9. The number of aliphatic imine (C=N–C) groups is 1. The summed E-state index contributed by atoms with van der Waals surface area (Å²) in [7, 11) is 0. The van der Waals surface area contributed by atoms with Gasteiger partial charge in [-0.25, -0.2) is 0 Å².